The van der Waals surface area contributed by atoms with Gasteiger partial charge in [-0.25, -0.2) is 14.3 Å². The number of rotatable bonds is 3. The van der Waals surface area contributed by atoms with Gasteiger partial charge in [0.2, 0.25) is 5.95 Å². The van der Waals surface area contributed by atoms with Crippen molar-refractivity contribution in [1.82, 2.24) is 24.5 Å². The number of amides is 1. The molecule has 1 saturated heterocycles. The smallest absolute Gasteiger partial charge is 0.407 e. The highest BCUT2D eigenvalue weighted by Gasteiger charge is 2.26. The van der Waals surface area contributed by atoms with E-state index in [1.54, 1.807) is 10.7 Å². The summed E-state index contributed by atoms with van der Waals surface area (Å²) in [5.74, 6) is 1.14. The third kappa shape index (κ3) is 2.56. The molecule has 0 saturated carbocycles. The highest BCUT2D eigenvalue weighted by atomic mass is 16.4. The van der Waals surface area contributed by atoms with E-state index in [2.05, 4.69) is 20.4 Å². The Bertz CT molecular complexity index is 843. The van der Waals surface area contributed by atoms with Crippen molar-refractivity contribution < 1.29 is 14.3 Å². The van der Waals surface area contributed by atoms with E-state index in [1.807, 2.05) is 18.3 Å². The van der Waals surface area contributed by atoms with E-state index in [9.17, 15) is 4.79 Å². The molecule has 9 nitrogen and oxygen atoms in total. The Kier molecular flexibility index (Phi) is 3.11. The predicted octanol–water partition coefficient (Wildman–Crippen LogP) is 1.55. The lowest BCUT2D eigenvalue weighted by Gasteiger charge is -2.12. The fourth-order valence-electron chi connectivity index (χ4n) is 2.68. The van der Waals surface area contributed by atoms with Crippen LogP contribution in [0.5, 0.6) is 0 Å². The van der Waals surface area contributed by atoms with Crippen LogP contribution in [-0.4, -0.2) is 54.8 Å². The first-order valence-corrected chi connectivity index (χ1v) is 7.19. The molecule has 118 valence electrons. The van der Waals surface area contributed by atoms with E-state index in [1.165, 1.54) is 11.3 Å². The number of oxazole rings is 1. The molecule has 0 spiro atoms. The number of carboxylic acid groups (broad SMARTS) is 1. The van der Waals surface area contributed by atoms with Gasteiger partial charge in [0.15, 0.2) is 17.8 Å². The van der Waals surface area contributed by atoms with Gasteiger partial charge in [0.1, 0.15) is 0 Å². The summed E-state index contributed by atoms with van der Waals surface area (Å²) >= 11 is 0. The lowest BCUT2D eigenvalue weighted by atomic mass is 10.2. The zero-order valence-electron chi connectivity index (χ0n) is 12.1. The topological polar surface area (TPSA) is 109 Å². The van der Waals surface area contributed by atoms with Crippen LogP contribution < -0.4 is 5.32 Å². The number of fused-ring (bicyclic) bond motifs is 1. The Morgan fingerprint density at radius 2 is 2.35 bits per heavy atom. The summed E-state index contributed by atoms with van der Waals surface area (Å²) in [5, 5.41) is 16.5. The zero-order valence-corrected chi connectivity index (χ0v) is 12.1. The van der Waals surface area contributed by atoms with E-state index >= 15 is 0 Å². The van der Waals surface area contributed by atoms with Crippen LogP contribution in [0, 0.1) is 0 Å². The van der Waals surface area contributed by atoms with E-state index in [0.717, 1.165) is 12.0 Å². The van der Waals surface area contributed by atoms with Crippen molar-refractivity contribution in [3.63, 3.8) is 0 Å². The summed E-state index contributed by atoms with van der Waals surface area (Å²) in [5.41, 5.74) is 1.55. The molecule has 9 heteroatoms. The Morgan fingerprint density at radius 1 is 1.43 bits per heavy atom. The predicted molar refractivity (Wildman–Crippen MR) is 80.1 cm³/mol. The van der Waals surface area contributed by atoms with Crippen LogP contribution in [0.1, 0.15) is 6.42 Å². The number of pyridine rings is 1. The van der Waals surface area contributed by atoms with Crippen LogP contribution in [0.25, 0.3) is 17.0 Å². The zero-order chi connectivity index (χ0) is 15.8. The number of nitrogens with one attached hydrogen (secondary N) is 1. The van der Waals surface area contributed by atoms with Crippen molar-refractivity contribution in [2.24, 2.45) is 0 Å². The van der Waals surface area contributed by atoms with E-state index in [0.29, 0.717) is 30.4 Å². The number of hydrogen-bond acceptors (Lipinski definition) is 6. The Morgan fingerprint density at radius 3 is 3.09 bits per heavy atom. The van der Waals surface area contributed by atoms with Gasteiger partial charge in [-0.05, 0) is 18.6 Å². The van der Waals surface area contributed by atoms with Gasteiger partial charge in [-0.3, -0.25) is 0 Å². The van der Waals surface area contributed by atoms with Crippen LogP contribution in [0.15, 0.2) is 35.3 Å². The van der Waals surface area contributed by atoms with Gasteiger partial charge in [0.25, 0.3) is 0 Å². The van der Waals surface area contributed by atoms with Crippen LogP contribution in [-0.2, 0) is 0 Å². The van der Waals surface area contributed by atoms with Crippen molar-refractivity contribution in [3.05, 3.63) is 30.9 Å². The van der Waals surface area contributed by atoms with E-state index in [-0.39, 0.29) is 6.04 Å². The van der Waals surface area contributed by atoms with Crippen molar-refractivity contribution >= 4 is 17.7 Å². The summed E-state index contributed by atoms with van der Waals surface area (Å²) < 4.78 is 6.92. The number of carbonyl (C=O) groups is 1. The molecule has 1 amide bonds. The molecule has 1 atom stereocenters. The van der Waals surface area contributed by atoms with Crippen molar-refractivity contribution in [2.45, 2.75) is 12.5 Å². The molecule has 3 aromatic rings. The molecule has 1 fully saturated rings. The molecule has 3 aromatic heterocycles. The molecule has 23 heavy (non-hydrogen) atoms. The van der Waals surface area contributed by atoms with E-state index < -0.39 is 6.09 Å². The van der Waals surface area contributed by atoms with Gasteiger partial charge in [-0.1, -0.05) is 0 Å². The Labute approximate surface area is 130 Å². The number of likely N-dealkylation sites (tertiary alicyclic amines) is 1. The monoisotopic (exact) mass is 314 g/mol. The summed E-state index contributed by atoms with van der Waals surface area (Å²) in [4.78, 5) is 20.6. The third-order valence-electron chi connectivity index (χ3n) is 3.84. The average Bonchev–Trinajstić information content (AvgIpc) is 3.26. The second-order valence-electron chi connectivity index (χ2n) is 5.38. The molecule has 4 rings (SSSR count). The minimum absolute atomic E-state index is 0.0252. The van der Waals surface area contributed by atoms with Crippen molar-refractivity contribution in [1.29, 1.82) is 0 Å². The van der Waals surface area contributed by atoms with Gasteiger partial charge in [-0.15, -0.1) is 5.10 Å². The second kappa shape index (κ2) is 5.27. The number of aromatic nitrogens is 4. The highest BCUT2D eigenvalue weighted by molar-refractivity contribution is 5.65. The third-order valence-corrected chi connectivity index (χ3v) is 3.84. The highest BCUT2D eigenvalue weighted by Crippen LogP contribution is 2.20. The molecule has 0 bridgehead atoms. The molecule has 2 N–H and O–H groups in total. The van der Waals surface area contributed by atoms with Crippen LogP contribution in [0.2, 0.25) is 0 Å². The quantitative estimate of drug-likeness (QED) is 0.754. The Hall–Kier alpha value is -3.10. The molecule has 0 radical (unpaired) electrons. The normalized spacial score (nSPS) is 17.7. The lowest BCUT2D eigenvalue weighted by Crippen LogP contribution is -2.30. The number of hydrogen-bond donors (Lipinski definition) is 2. The summed E-state index contributed by atoms with van der Waals surface area (Å²) in [7, 11) is 0. The van der Waals surface area contributed by atoms with Gasteiger partial charge in [0.05, 0.1) is 6.20 Å². The van der Waals surface area contributed by atoms with Crippen molar-refractivity contribution in [3.8, 4) is 11.3 Å². The Balaban J connectivity index is 1.54. The van der Waals surface area contributed by atoms with Crippen LogP contribution >= 0.6 is 0 Å². The number of anilines is 1. The molecular formula is C14H14N6O3. The van der Waals surface area contributed by atoms with Crippen LogP contribution in [0.4, 0.5) is 10.7 Å². The van der Waals surface area contributed by atoms with Crippen LogP contribution in [0.3, 0.4) is 0 Å². The molecule has 0 aliphatic carbocycles. The molecule has 1 aliphatic heterocycles. The maximum atomic E-state index is 10.9. The summed E-state index contributed by atoms with van der Waals surface area (Å²) in [6, 6.07) is 3.75. The molecule has 1 unspecified atom stereocenters. The largest absolute Gasteiger partial charge is 0.465 e. The minimum atomic E-state index is -0.894. The van der Waals surface area contributed by atoms with Crippen molar-refractivity contribution in [2.75, 3.05) is 18.4 Å². The SMILES string of the molecule is O=C(O)N1CCC(Nc2nc3ccc(-c4cnco4)cn3n2)C1. The molecule has 4 heterocycles. The fourth-order valence-corrected chi connectivity index (χ4v) is 2.68. The van der Waals surface area contributed by atoms with Gasteiger partial charge in [-0.2, -0.15) is 4.98 Å². The maximum absolute atomic E-state index is 10.9. The molecular weight excluding hydrogens is 300 g/mol. The van der Waals surface area contributed by atoms with Gasteiger partial charge >= 0.3 is 6.09 Å². The average molecular weight is 314 g/mol. The summed E-state index contributed by atoms with van der Waals surface area (Å²) in [6.07, 6.45) is 4.67. The fraction of sp³-hybridized carbons (Fsp3) is 0.286. The first kappa shape index (κ1) is 13.6. The number of nitrogens with zero attached hydrogens (tertiary/aromatic N) is 5. The molecule has 1 aliphatic rings. The lowest BCUT2D eigenvalue weighted by molar-refractivity contribution is 0.155. The summed E-state index contributed by atoms with van der Waals surface area (Å²) in [6.45, 7) is 0.963. The first-order chi connectivity index (χ1) is 11.2. The molecule has 0 aromatic carbocycles. The minimum Gasteiger partial charge on any atom is -0.465 e. The standard InChI is InChI=1S/C14H14N6O3/c21-14(22)19-4-3-10(7-19)16-13-17-12-2-1-9(6-20(12)18-13)11-5-15-8-23-11/h1-2,5-6,8,10H,3-4,7H2,(H,16,18)(H,21,22). The van der Waals surface area contributed by atoms with Gasteiger partial charge < -0.3 is 19.7 Å². The van der Waals surface area contributed by atoms with E-state index in [4.69, 9.17) is 9.52 Å². The second-order valence-corrected chi connectivity index (χ2v) is 5.38. The maximum Gasteiger partial charge on any atom is 0.407 e. The van der Waals surface area contributed by atoms with Gasteiger partial charge in [0, 0.05) is 30.9 Å². The first-order valence-electron chi connectivity index (χ1n) is 7.19.